The highest BCUT2D eigenvalue weighted by Gasteiger charge is 2.12. The molecule has 3 N–H and O–H groups in total. The van der Waals surface area contributed by atoms with Gasteiger partial charge in [0.05, 0.1) is 13.2 Å². The second kappa shape index (κ2) is 4.37. The van der Waals surface area contributed by atoms with Crippen molar-refractivity contribution in [3.8, 4) is 0 Å². The fourth-order valence-electron chi connectivity index (χ4n) is 0.950. The zero-order chi connectivity index (χ0) is 9.73. The Morgan fingerprint density at radius 2 is 2.00 bits per heavy atom. The number of hydrogen-bond acceptors (Lipinski definition) is 3. The van der Waals surface area contributed by atoms with Crippen molar-refractivity contribution in [2.24, 2.45) is 5.73 Å². The topological polar surface area (TPSA) is 55.5 Å². The molecule has 0 heterocycles. The van der Waals surface area contributed by atoms with Crippen LogP contribution in [0.1, 0.15) is 12.5 Å². The van der Waals surface area contributed by atoms with Gasteiger partial charge in [-0.3, -0.25) is 0 Å². The van der Waals surface area contributed by atoms with Crippen molar-refractivity contribution in [3.63, 3.8) is 0 Å². The molecule has 1 aromatic rings. The van der Waals surface area contributed by atoms with Gasteiger partial charge >= 0.3 is 0 Å². The van der Waals surface area contributed by atoms with Crippen LogP contribution in [0, 0.1) is 0 Å². The van der Waals surface area contributed by atoms with E-state index < -0.39 is 5.72 Å². The molecule has 0 radical (unpaired) electrons. The maximum atomic E-state index is 9.15. The van der Waals surface area contributed by atoms with Gasteiger partial charge in [-0.2, -0.15) is 0 Å². The van der Waals surface area contributed by atoms with Crippen LogP contribution in [-0.2, 0) is 11.3 Å². The lowest BCUT2D eigenvalue weighted by Gasteiger charge is -2.16. The Morgan fingerprint density at radius 3 is 2.54 bits per heavy atom. The van der Waals surface area contributed by atoms with Crippen molar-refractivity contribution in [1.82, 2.24) is 0 Å². The van der Waals surface area contributed by atoms with E-state index in [1.54, 1.807) is 0 Å². The largest absolute Gasteiger partial charge is 0.374 e. The lowest BCUT2D eigenvalue weighted by atomic mass is 10.2. The van der Waals surface area contributed by atoms with E-state index in [0.717, 1.165) is 5.56 Å². The monoisotopic (exact) mass is 181 g/mol. The second-order valence-electron chi connectivity index (χ2n) is 3.34. The zero-order valence-electron chi connectivity index (χ0n) is 7.73. The first-order chi connectivity index (χ1) is 6.08. The van der Waals surface area contributed by atoms with Crippen LogP contribution < -0.4 is 5.73 Å². The van der Waals surface area contributed by atoms with Crippen LogP contribution in [0.3, 0.4) is 0 Å². The summed E-state index contributed by atoms with van der Waals surface area (Å²) in [5.74, 6) is 0. The smallest absolute Gasteiger partial charge is 0.134 e. The minimum absolute atomic E-state index is 0.141. The van der Waals surface area contributed by atoms with Gasteiger partial charge in [-0.05, 0) is 12.5 Å². The van der Waals surface area contributed by atoms with Gasteiger partial charge in [-0.15, -0.1) is 0 Å². The van der Waals surface area contributed by atoms with Gasteiger partial charge in [-0.25, -0.2) is 0 Å². The lowest BCUT2D eigenvalue weighted by Crippen LogP contribution is -2.40. The number of hydrogen-bond donors (Lipinski definition) is 2. The van der Waals surface area contributed by atoms with E-state index >= 15 is 0 Å². The quantitative estimate of drug-likeness (QED) is 0.678. The van der Waals surface area contributed by atoms with Crippen LogP contribution in [0.5, 0.6) is 0 Å². The van der Waals surface area contributed by atoms with Crippen molar-refractivity contribution in [1.29, 1.82) is 0 Å². The number of ether oxygens (including phenoxy) is 1. The molecule has 0 amide bonds. The minimum atomic E-state index is -1.24. The van der Waals surface area contributed by atoms with Crippen LogP contribution in [0.15, 0.2) is 30.3 Å². The first-order valence-electron chi connectivity index (χ1n) is 4.21. The van der Waals surface area contributed by atoms with E-state index in [4.69, 9.17) is 15.6 Å². The molecule has 0 fully saturated rings. The fraction of sp³-hybridized carbons (Fsp3) is 0.400. The lowest BCUT2D eigenvalue weighted by molar-refractivity contribution is -0.0350. The molecule has 72 valence electrons. The van der Waals surface area contributed by atoms with Crippen LogP contribution in [-0.4, -0.2) is 17.4 Å². The summed E-state index contributed by atoms with van der Waals surface area (Å²) in [7, 11) is 0. The van der Waals surface area contributed by atoms with Crippen molar-refractivity contribution in [3.05, 3.63) is 35.9 Å². The van der Waals surface area contributed by atoms with Crippen molar-refractivity contribution < 1.29 is 9.84 Å². The van der Waals surface area contributed by atoms with E-state index in [1.807, 2.05) is 30.3 Å². The van der Waals surface area contributed by atoms with Crippen LogP contribution in [0.4, 0.5) is 0 Å². The van der Waals surface area contributed by atoms with Crippen molar-refractivity contribution in [2.45, 2.75) is 19.3 Å². The van der Waals surface area contributed by atoms with E-state index in [0.29, 0.717) is 6.61 Å². The van der Waals surface area contributed by atoms with Crippen LogP contribution in [0.2, 0.25) is 0 Å². The average Bonchev–Trinajstić information content (AvgIpc) is 2.04. The molecule has 0 aliphatic carbocycles. The van der Waals surface area contributed by atoms with Crippen LogP contribution in [0.25, 0.3) is 0 Å². The molecular formula is C10H15NO2. The summed E-state index contributed by atoms with van der Waals surface area (Å²) in [6.45, 7) is 2.13. The van der Waals surface area contributed by atoms with Crippen molar-refractivity contribution >= 4 is 0 Å². The van der Waals surface area contributed by atoms with Gasteiger partial charge in [0, 0.05) is 0 Å². The maximum absolute atomic E-state index is 9.15. The molecule has 0 aliphatic heterocycles. The van der Waals surface area contributed by atoms with Crippen LogP contribution >= 0.6 is 0 Å². The molecule has 0 spiro atoms. The van der Waals surface area contributed by atoms with E-state index in [1.165, 1.54) is 6.92 Å². The van der Waals surface area contributed by atoms with E-state index in [9.17, 15) is 0 Å². The van der Waals surface area contributed by atoms with Gasteiger partial charge in [0.1, 0.15) is 5.72 Å². The molecule has 1 atom stereocenters. The number of rotatable bonds is 4. The second-order valence-corrected chi connectivity index (χ2v) is 3.34. The normalized spacial score (nSPS) is 15.3. The fourth-order valence-corrected chi connectivity index (χ4v) is 0.950. The van der Waals surface area contributed by atoms with E-state index in [2.05, 4.69) is 0 Å². The van der Waals surface area contributed by atoms with Gasteiger partial charge in [0.25, 0.3) is 0 Å². The highest BCUT2D eigenvalue weighted by atomic mass is 16.5. The Bertz CT molecular complexity index is 241. The molecule has 0 aromatic heterocycles. The molecule has 13 heavy (non-hydrogen) atoms. The first-order valence-corrected chi connectivity index (χ1v) is 4.21. The number of aliphatic hydroxyl groups is 1. The van der Waals surface area contributed by atoms with E-state index in [-0.39, 0.29) is 6.61 Å². The third-order valence-corrected chi connectivity index (χ3v) is 1.51. The number of nitrogens with two attached hydrogens (primary N) is 1. The summed E-state index contributed by atoms with van der Waals surface area (Å²) in [5.41, 5.74) is 5.16. The summed E-state index contributed by atoms with van der Waals surface area (Å²) in [6.07, 6.45) is 0. The average molecular weight is 181 g/mol. The molecule has 1 rings (SSSR count). The summed E-state index contributed by atoms with van der Waals surface area (Å²) in [6, 6.07) is 9.76. The summed E-state index contributed by atoms with van der Waals surface area (Å²) >= 11 is 0. The standard InChI is InChI=1S/C10H15NO2/c1-10(11,12)8-13-7-9-5-3-2-4-6-9/h2-6,12H,7-8,11H2,1H3/t10-/m1/s1. The first kappa shape index (κ1) is 10.2. The summed E-state index contributed by atoms with van der Waals surface area (Å²) < 4.78 is 5.21. The third kappa shape index (κ3) is 4.62. The molecule has 0 unspecified atom stereocenters. The molecule has 0 aliphatic rings. The predicted molar refractivity (Wildman–Crippen MR) is 50.9 cm³/mol. The summed E-state index contributed by atoms with van der Waals surface area (Å²) in [5, 5.41) is 9.15. The Kier molecular flexibility index (Phi) is 3.42. The molecule has 0 saturated carbocycles. The van der Waals surface area contributed by atoms with Gasteiger partial charge in [0.15, 0.2) is 0 Å². The minimum Gasteiger partial charge on any atom is -0.374 e. The number of benzene rings is 1. The molecule has 1 aromatic carbocycles. The molecule has 3 heteroatoms. The molecule has 0 saturated heterocycles. The highest BCUT2D eigenvalue weighted by Crippen LogP contribution is 2.02. The predicted octanol–water partition coefficient (Wildman–Crippen LogP) is 0.870. The summed E-state index contributed by atoms with van der Waals surface area (Å²) in [4.78, 5) is 0. The Morgan fingerprint density at radius 1 is 1.38 bits per heavy atom. The van der Waals surface area contributed by atoms with Gasteiger partial charge in [0.2, 0.25) is 0 Å². The maximum Gasteiger partial charge on any atom is 0.134 e. The molecular weight excluding hydrogens is 166 g/mol. The Hall–Kier alpha value is -0.900. The SMILES string of the molecule is C[C@@](N)(O)COCc1ccccc1. The van der Waals surface area contributed by atoms with Crippen molar-refractivity contribution in [2.75, 3.05) is 6.61 Å². The highest BCUT2D eigenvalue weighted by molar-refractivity contribution is 5.13. The Balaban J connectivity index is 2.29. The zero-order valence-corrected chi connectivity index (χ0v) is 7.73. The van der Waals surface area contributed by atoms with Gasteiger partial charge < -0.3 is 15.6 Å². The molecule has 0 bridgehead atoms. The third-order valence-electron chi connectivity index (χ3n) is 1.51. The van der Waals surface area contributed by atoms with Gasteiger partial charge in [-0.1, -0.05) is 30.3 Å². The Labute approximate surface area is 78.1 Å². The molecule has 3 nitrogen and oxygen atoms in total.